The molecule has 1 aliphatic carbocycles. The van der Waals surface area contributed by atoms with Crippen LogP contribution in [0.15, 0.2) is 23.8 Å². The predicted molar refractivity (Wildman–Crippen MR) is 37.9 cm³/mol. The van der Waals surface area contributed by atoms with Gasteiger partial charge in [0, 0.05) is 6.08 Å². The first-order chi connectivity index (χ1) is 5.29. The van der Waals surface area contributed by atoms with Crippen molar-refractivity contribution in [3.63, 3.8) is 0 Å². The third-order valence-electron chi connectivity index (χ3n) is 1.31. The van der Waals surface area contributed by atoms with Crippen molar-refractivity contribution in [1.82, 2.24) is 0 Å². The highest BCUT2D eigenvalue weighted by atomic mass is 16.5. The van der Waals surface area contributed by atoms with Crippen molar-refractivity contribution in [2.24, 2.45) is 0 Å². The molecule has 0 N–H and O–H groups in total. The van der Waals surface area contributed by atoms with Gasteiger partial charge in [0.05, 0.1) is 7.11 Å². The third kappa shape index (κ3) is 1.25. The van der Waals surface area contributed by atoms with Gasteiger partial charge in [0.25, 0.3) is 0 Å². The fraction of sp³-hybridized carbons (Fsp3) is 0.143. The molecule has 0 spiro atoms. The highest BCUT2D eigenvalue weighted by Crippen LogP contribution is 2.07. The summed E-state index contributed by atoms with van der Waals surface area (Å²) in [6, 6.07) is 0. The summed E-state index contributed by atoms with van der Waals surface area (Å²) in [5, 5.41) is 0. The van der Waals surface area contributed by atoms with E-state index in [0.29, 0.717) is 0 Å². The van der Waals surface area contributed by atoms with Crippen molar-refractivity contribution < 1.29 is 14.3 Å². The van der Waals surface area contributed by atoms with Crippen molar-refractivity contribution in [1.29, 1.82) is 0 Å². The van der Waals surface area contributed by atoms with E-state index in [9.17, 15) is 4.79 Å². The molecule has 0 unspecified atom stereocenters. The van der Waals surface area contributed by atoms with Crippen LogP contribution in [0.3, 0.4) is 0 Å². The fourth-order valence-corrected chi connectivity index (χ4v) is 0.780. The zero-order valence-electron chi connectivity index (χ0n) is 5.94. The van der Waals surface area contributed by atoms with E-state index in [1.807, 2.05) is 0 Å². The van der Waals surface area contributed by atoms with E-state index in [1.165, 1.54) is 19.3 Å². The molecule has 0 atom stereocenters. The van der Waals surface area contributed by atoms with Gasteiger partial charge in [-0.1, -0.05) is 6.08 Å². The second-order valence-corrected chi connectivity index (χ2v) is 1.92. The van der Waals surface area contributed by atoms with Crippen molar-refractivity contribution in [2.75, 3.05) is 7.11 Å². The Morgan fingerprint density at radius 3 is 3.00 bits per heavy atom. The Morgan fingerprint density at radius 2 is 2.45 bits per heavy atom. The molecule has 0 heterocycles. The lowest BCUT2D eigenvalue weighted by atomic mass is 10.2. The number of hydrogen-bond acceptors (Lipinski definition) is 2. The lowest BCUT2D eigenvalue weighted by Crippen LogP contribution is -2.10. The standard InChI is InChI=1S/C7H6N2O2/c1-11-7(10)5-3-2-4-6(5)9-8/h2-4H,1H3. The summed E-state index contributed by atoms with van der Waals surface area (Å²) in [6.45, 7) is 0. The van der Waals surface area contributed by atoms with Gasteiger partial charge in [-0.25, -0.2) is 4.79 Å². The lowest BCUT2D eigenvalue weighted by molar-refractivity contribution is -0.135. The monoisotopic (exact) mass is 150 g/mol. The van der Waals surface area contributed by atoms with E-state index in [1.54, 1.807) is 6.08 Å². The second-order valence-electron chi connectivity index (χ2n) is 1.92. The van der Waals surface area contributed by atoms with E-state index in [0.717, 1.165) is 0 Å². The van der Waals surface area contributed by atoms with Gasteiger partial charge >= 0.3 is 11.7 Å². The summed E-state index contributed by atoms with van der Waals surface area (Å²) in [4.78, 5) is 13.8. The number of carbonyl (C=O) groups is 1. The number of nitrogens with zero attached hydrogens (tertiary/aromatic N) is 2. The molecule has 0 fully saturated rings. The molecule has 0 bridgehead atoms. The summed E-state index contributed by atoms with van der Waals surface area (Å²) in [5.41, 5.74) is 8.88. The minimum atomic E-state index is -0.497. The molecule has 0 aromatic heterocycles. The second kappa shape index (κ2) is 2.94. The van der Waals surface area contributed by atoms with Crippen LogP contribution in [0.25, 0.3) is 5.53 Å². The van der Waals surface area contributed by atoms with Crippen LogP contribution in [-0.2, 0) is 9.53 Å². The molecule has 0 aromatic rings. The Morgan fingerprint density at radius 1 is 1.73 bits per heavy atom. The van der Waals surface area contributed by atoms with Gasteiger partial charge in [0.15, 0.2) is 0 Å². The molecular formula is C7H6N2O2. The van der Waals surface area contributed by atoms with E-state index in [-0.39, 0.29) is 11.3 Å². The van der Waals surface area contributed by atoms with Crippen molar-refractivity contribution in [3.8, 4) is 0 Å². The maximum atomic E-state index is 10.9. The van der Waals surface area contributed by atoms with Crippen LogP contribution in [0.5, 0.6) is 0 Å². The number of rotatable bonds is 1. The minimum Gasteiger partial charge on any atom is -0.465 e. The Hall–Kier alpha value is -1.67. The summed E-state index contributed by atoms with van der Waals surface area (Å²) < 4.78 is 4.43. The van der Waals surface area contributed by atoms with Crippen molar-refractivity contribution >= 4 is 11.7 Å². The Bertz CT molecular complexity index is 296. The Labute approximate surface area is 63.4 Å². The molecule has 11 heavy (non-hydrogen) atoms. The Kier molecular flexibility index (Phi) is 1.99. The topological polar surface area (TPSA) is 62.7 Å². The average Bonchev–Trinajstić information content (AvgIpc) is 2.50. The van der Waals surface area contributed by atoms with Crippen LogP contribution in [0, 0.1) is 0 Å². The molecule has 1 aliphatic rings. The van der Waals surface area contributed by atoms with Gasteiger partial charge in [-0.2, -0.15) is 4.79 Å². The molecular weight excluding hydrogens is 144 g/mol. The molecule has 0 aliphatic heterocycles. The molecule has 0 saturated heterocycles. The summed E-state index contributed by atoms with van der Waals surface area (Å²) in [5.74, 6) is -0.497. The summed E-state index contributed by atoms with van der Waals surface area (Å²) >= 11 is 0. The van der Waals surface area contributed by atoms with Crippen LogP contribution < -0.4 is 0 Å². The number of hydrogen-bond donors (Lipinski definition) is 0. The summed E-state index contributed by atoms with van der Waals surface area (Å²) in [7, 11) is 1.27. The van der Waals surface area contributed by atoms with Gasteiger partial charge in [-0.05, 0) is 6.08 Å². The molecule has 0 saturated carbocycles. The molecule has 0 amide bonds. The first kappa shape index (κ1) is 7.44. The largest absolute Gasteiger partial charge is 0.465 e. The van der Waals surface area contributed by atoms with Crippen LogP contribution >= 0.6 is 0 Å². The molecule has 56 valence electrons. The first-order valence-electron chi connectivity index (χ1n) is 2.98. The van der Waals surface area contributed by atoms with Crippen LogP contribution in [0.2, 0.25) is 0 Å². The number of methoxy groups -OCH3 is 1. The van der Waals surface area contributed by atoms with Gasteiger partial charge < -0.3 is 10.3 Å². The van der Waals surface area contributed by atoms with E-state index in [2.05, 4.69) is 9.53 Å². The smallest absolute Gasteiger partial charge is 0.345 e. The third-order valence-corrected chi connectivity index (χ3v) is 1.31. The first-order valence-corrected chi connectivity index (χ1v) is 2.98. The van der Waals surface area contributed by atoms with Crippen molar-refractivity contribution in [2.45, 2.75) is 0 Å². The van der Waals surface area contributed by atoms with E-state index >= 15 is 0 Å². The molecule has 4 heteroatoms. The number of ether oxygens (including phenoxy) is 1. The minimum absolute atomic E-state index is 0.233. The number of esters is 1. The fourth-order valence-electron chi connectivity index (χ4n) is 0.780. The van der Waals surface area contributed by atoms with Gasteiger partial charge in [0.1, 0.15) is 5.57 Å². The highest BCUT2D eigenvalue weighted by Gasteiger charge is 2.23. The van der Waals surface area contributed by atoms with E-state index < -0.39 is 5.97 Å². The number of allylic oxidation sites excluding steroid dienone is 3. The van der Waals surface area contributed by atoms with Crippen LogP contribution in [0.1, 0.15) is 0 Å². The maximum Gasteiger partial charge on any atom is 0.345 e. The van der Waals surface area contributed by atoms with Crippen LogP contribution in [0.4, 0.5) is 0 Å². The zero-order chi connectivity index (χ0) is 8.27. The Balaban J connectivity index is 2.93. The van der Waals surface area contributed by atoms with Gasteiger partial charge in [-0.15, -0.1) is 0 Å². The predicted octanol–water partition coefficient (Wildman–Crippen LogP) is 0.326. The SMILES string of the molecule is COC(=O)C1=CC=CC1=[N+]=[N-]. The molecule has 4 nitrogen and oxygen atoms in total. The average molecular weight is 150 g/mol. The highest BCUT2D eigenvalue weighted by molar-refractivity contribution is 6.23. The summed E-state index contributed by atoms with van der Waals surface area (Å²) in [6.07, 6.45) is 4.66. The zero-order valence-corrected chi connectivity index (χ0v) is 5.94. The molecule has 0 radical (unpaired) electrons. The van der Waals surface area contributed by atoms with E-state index in [4.69, 9.17) is 5.53 Å². The van der Waals surface area contributed by atoms with Gasteiger partial charge in [0.2, 0.25) is 0 Å². The maximum absolute atomic E-state index is 10.9. The quantitative estimate of drug-likeness (QED) is 0.307. The van der Waals surface area contributed by atoms with Crippen LogP contribution in [-0.4, -0.2) is 23.6 Å². The molecule has 0 aromatic carbocycles. The van der Waals surface area contributed by atoms with Crippen molar-refractivity contribution in [3.05, 3.63) is 29.3 Å². The number of carbonyl (C=O) groups excluding carboxylic acids is 1. The molecule has 1 rings (SSSR count). The normalized spacial score (nSPS) is 14.3. The van der Waals surface area contributed by atoms with Gasteiger partial charge in [-0.3, -0.25) is 0 Å². The lowest BCUT2D eigenvalue weighted by Gasteiger charge is -1.92.